The van der Waals surface area contributed by atoms with Crippen molar-refractivity contribution in [2.75, 3.05) is 49.7 Å². The first-order valence-electron chi connectivity index (χ1n) is 12.5. The SMILES string of the molecule is CC(NCc1cc(Nc2nccc(-c3ccc(OCCCN)cc3)n2)ccc1N1CCOCC1)C(=O)O. The van der Waals surface area contributed by atoms with Gasteiger partial charge in [-0.15, -0.1) is 0 Å². The van der Waals surface area contributed by atoms with E-state index < -0.39 is 12.0 Å². The molecule has 0 amide bonds. The van der Waals surface area contributed by atoms with Crippen LogP contribution in [0.2, 0.25) is 0 Å². The molecule has 1 unspecified atom stereocenters. The Kier molecular flexibility index (Phi) is 9.25. The number of nitrogens with one attached hydrogen (secondary N) is 2. The normalized spacial score (nSPS) is 14.3. The number of benzene rings is 2. The van der Waals surface area contributed by atoms with Crippen molar-refractivity contribution in [2.24, 2.45) is 5.73 Å². The maximum atomic E-state index is 11.3. The number of carboxylic acids is 1. The predicted octanol–water partition coefficient (Wildman–Crippen LogP) is 3.01. The molecule has 0 aliphatic carbocycles. The highest BCUT2D eigenvalue weighted by atomic mass is 16.5. The Labute approximate surface area is 216 Å². The van der Waals surface area contributed by atoms with Gasteiger partial charge >= 0.3 is 5.97 Å². The van der Waals surface area contributed by atoms with Crippen LogP contribution in [-0.4, -0.2) is 66.5 Å². The molecule has 196 valence electrons. The van der Waals surface area contributed by atoms with Crippen LogP contribution in [0, 0.1) is 0 Å². The Bertz CT molecular complexity index is 1170. The molecule has 37 heavy (non-hydrogen) atoms. The lowest BCUT2D eigenvalue weighted by Gasteiger charge is -2.31. The summed E-state index contributed by atoms with van der Waals surface area (Å²) in [4.78, 5) is 22.6. The van der Waals surface area contributed by atoms with Gasteiger partial charge in [0.2, 0.25) is 5.95 Å². The lowest BCUT2D eigenvalue weighted by molar-refractivity contribution is -0.139. The number of hydrogen-bond donors (Lipinski definition) is 4. The first kappa shape index (κ1) is 26.3. The maximum Gasteiger partial charge on any atom is 0.320 e. The van der Waals surface area contributed by atoms with E-state index in [4.69, 9.17) is 15.2 Å². The molecule has 0 saturated carbocycles. The predicted molar refractivity (Wildman–Crippen MR) is 143 cm³/mol. The first-order valence-corrected chi connectivity index (χ1v) is 12.5. The fourth-order valence-electron chi connectivity index (χ4n) is 3.97. The van der Waals surface area contributed by atoms with Crippen LogP contribution >= 0.6 is 0 Å². The number of aliphatic carboxylic acids is 1. The van der Waals surface area contributed by atoms with E-state index in [0.29, 0.717) is 38.9 Å². The summed E-state index contributed by atoms with van der Waals surface area (Å²) in [5.41, 5.74) is 10.1. The molecule has 0 spiro atoms. The molecule has 1 aliphatic rings. The van der Waals surface area contributed by atoms with Crippen LogP contribution < -0.4 is 26.0 Å². The highest BCUT2D eigenvalue weighted by Crippen LogP contribution is 2.27. The molecular weight excluding hydrogens is 472 g/mol. The van der Waals surface area contributed by atoms with Gasteiger partial charge in [0.25, 0.3) is 0 Å². The molecule has 10 nitrogen and oxygen atoms in total. The second kappa shape index (κ2) is 13.0. The van der Waals surface area contributed by atoms with Crippen LogP contribution in [0.15, 0.2) is 54.7 Å². The van der Waals surface area contributed by atoms with Gasteiger partial charge in [-0.3, -0.25) is 4.79 Å². The molecule has 1 aliphatic heterocycles. The summed E-state index contributed by atoms with van der Waals surface area (Å²) in [5, 5.41) is 15.7. The van der Waals surface area contributed by atoms with Crippen molar-refractivity contribution >= 4 is 23.3 Å². The number of anilines is 3. The van der Waals surface area contributed by atoms with Crippen molar-refractivity contribution in [3.05, 3.63) is 60.3 Å². The van der Waals surface area contributed by atoms with Crippen LogP contribution in [0.3, 0.4) is 0 Å². The van der Waals surface area contributed by atoms with Crippen LogP contribution in [0.4, 0.5) is 17.3 Å². The van der Waals surface area contributed by atoms with Crippen LogP contribution in [0.1, 0.15) is 18.9 Å². The lowest BCUT2D eigenvalue weighted by atomic mass is 10.1. The van der Waals surface area contributed by atoms with Gasteiger partial charge in [-0.05, 0) is 74.0 Å². The maximum absolute atomic E-state index is 11.3. The number of ether oxygens (including phenoxy) is 2. The number of rotatable bonds is 12. The number of nitrogens with zero attached hydrogens (tertiary/aromatic N) is 3. The number of nitrogens with two attached hydrogens (primary N) is 1. The Morgan fingerprint density at radius 2 is 1.97 bits per heavy atom. The fraction of sp³-hybridized carbons (Fsp3) is 0.370. The van der Waals surface area contributed by atoms with E-state index in [0.717, 1.165) is 53.5 Å². The van der Waals surface area contributed by atoms with Crippen molar-refractivity contribution in [1.29, 1.82) is 0 Å². The van der Waals surface area contributed by atoms with Crippen molar-refractivity contribution in [3.63, 3.8) is 0 Å². The molecule has 4 rings (SSSR count). The fourth-order valence-corrected chi connectivity index (χ4v) is 3.97. The van der Waals surface area contributed by atoms with Crippen molar-refractivity contribution in [3.8, 4) is 17.0 Å². The smallest absolute Gasteiger partial charge is 0.320 e. The average molecular weight is 507 g/mol. The molecule has 1 fully saturated rings. The molecule has 1 saturated heterocycles. The van der Waals surface area contributed by atoms with Crippen LogP contribution in [0.5, 0.6) is 5.75 Å². The quantitative estimate of drug-likeness (QED) is 0.272. The van der Waals surface area contributed by atoms with E-state index in [-0.39, 0.29) is 0 Å². The van der Waals surface area contributed by atoms with Gasteiger partial charge in [-0.1, -0.05) is 0 Å². The Hall–Kier alpha value is -3.73. The minimum atomic E-state index is -0.887. The Morgan fingerprint density at radius 3 is 2.70 bits per heavy atom. The Balaban J connectivity index is 1.50. The second-order valence-corrected chi connectivity index (χ2v) is 8.79. The minimum Gasteiger partial charge on any atom is -0.494 e. The van der Waals surface area contributed by atoms with Crippen LogP contribution in [-0.2, 0) is 16.1 Å². The van der Waals surface area contributed by atoms with E-state index in [9.17, 15) is 9.90 Å². The molecule has 2 heterocycles. The molecule has 0 radical (unpaired) electrons. The Morgan fingerprint density at radius 1 is 1.19 bits per heavy atom. The standard InChI is InChI=1S/C27H34N6O4/c1-19(26(34)35)30-18-21-17-22(5-8-25(21)33-12-15-36-16-13-33)31-27-29-11-9-24(32-27)20-3-6-23(7-4-20)37-14-2-10-28/h3-9,11,17,19,30H,2,10,12-16,18,28H2,1H3,(H,34,35)(H,29,31,32). The number of morpholine rings is 1. The summed E-state index contributed by atoms with van der Waals surface area (Å²) in [5.74, 6) is 0.378. The van der Waals surface area contributed by atoms with E-state index in [1.807, 2.05) is 48.5 Å². The lowest BCUT2D eigenvalue weighted by Crippen LogP contribution is -2.38. The second-order valence-electron chi connectivity index (χ2n) is 8.79. The molecule has 3 aromatic rings. The minimum absolute atomic E-state index is 0.413. The molecule has 1 atom stereocenters. The molecule has 2 aromatic carbocycles. The largest absolute Gasteiger partial charge is 0.494 e. The van der Waals surface area contributed by atoms with Gasteiger partial charge in [0.1, 0.15) is 11.8 Å². The van der Waals surface area contributed by atoms with Gasteiger partial charge < -0.3 is 35.8 Å². The molecule has 1 aromatic heterocycles. The van der Waals surface area contributed by atoms with Gasteiger partial charge in [0.15, 0.2) is 0 Å². The molecular formula is C27H34N6O4. The zero-order valence-electron chi connectivity index (χ0n) is 21.0. The van der Waals surface area contributed by atoms with Gasteiger partial charge in [0.05, 0.1) is 25.5 Å². The topological polar surface area (TPSA) is 135 Å². The summed E-state index contributed by atoms with van der Waals surface area (Å²) >= 11 is 0. The van der Waals surface area contributed by atoms with Crippen molar-refractivity contribution < 1.29 is 19.4 Å². The first-order chi connectivity index (χ1) is 18.0. The van der Waals surface area contributed by atoms with E-state index in [1.54, 1.807) is 13.1 Å². The van der Waals surface area contributed by atoms with Gasteiger partial charge in [-0.25, -0.2) is 9.97 Å². The average Bonchev–Trinajstić information content (AvgIpc) is 2.93. The summed E-state index contributed by atoms with van der Waals surface area (Å²) in [7, 11) is 0. The van der Waals surface area contributed by atoms with Crippen molar-refractivity contribution in [1.82, 2.24) is 15.3 Å². The zero-order valence-corrected chi connectivity index (χ0v) is 21.0. The van der Waals surface area contributed by atoms with E-state index >= 15 is 0 Å². The highest BCUT2D eigenvalue weighted by molar-refractivity contribution is 5.73. The monoisotopic (exact) mass is 506 g/mol. The van der Waals surface area contributed by atoms with Gasteiger partial charge in [-0.2, -0.15) is 0 Å². The summed E-state index contributed by atoms with van der Waals surface area (Å²) < 4.78 is 11.2. The molecule has 5 N–H and O–H groups in total. The number of carboxylic acid groups (broad SMARTS) is 1. The number of carbonyl (C=O) groups is 1. The summed E-state index contributed by atoms with van der Waals surface area (Å²) in [6.07, 6.45) is 2.53. The van der Waals surface area contributed by atoms with E-state index in [2.05, 4.69) is 25.5 Å². The number of hydrogen-bond acceptors (Lipinski definition) is 9. The summed E-state index contributed by atoms with van der Waals surface area (Å²) in [6, 6.07) is 15.0. The van der Waals surface area contributed by atoms with E-state index in [1.165, 1.54) is 0 Å². The summed E-state index contributed by atoms with van der Waals surface area (Å²) in [6.45, 7) is 6.15. The zero-order chi connectivity index (χ0) is 26.0. The van der Waals surface area contributed by atoms with Crippen molar-refractivity contribution in [2.45, 2.75) is 25.9 Å². The third kappa shape index (κ3) is 7.39. The van der Waals surface area contributed by atoms with Gasteiger partial charge in [0, 0.05) is 42.8 Å². The third-order valence-electron chi connectivity index (χ3n) is 6.08. The third-order valence-corrected chi connectivity index (χ3v) is 6.08. The molecule has 10 heteroatoms. The molecule has 0 bridgehead atoms. The van der Waals surface area contributed by atoms with Crippen LogP contribution in [0.25, 0.3) is 11.3 Å². The number of aromatic nitrogens is 2. The highest BCUT2D eigenvalue weighted by Gasteiger charge is 2.17.